The maximum atomic E-state index is 6.01. The van der Waals surface area contributed by atoms with Crippen LogP contribution in [-0.2, 0) is 30.6 Å². The third-order valence-electron chi connectivity index (χ3n) is 2.39. The summed E-state index contributed by atoms with van der Waals surface area (Å²) >= 11 is 4.26. The molecule has 0 aromatic heterocycles. The summed E-state index contributed by atoms with van der Waals surface area (Å²) in [7, 11) is -1.88. The Hall–Kier alpha value is 1.20. The molecule has 0 aliphatic carbocycles. The second-order valence-electron chi connectivity index (χ2n) is 3.79. The van der Waals surface area contributed by atoms with Crippen molar-refractivity contribution in [3.05, 3.63) is 0 Å². The van der Waals surface area contributed by atoms with E-state index in [1.807, 2.05) is 0 Å². The molecule has 0 spiro atoms. The van der Waals surface area contributed by atoms with Crippen LogP contribution >= 0.6 is 12.6 Å². The van der Waals surface area contributed by atoms with Gasteiger partial charge in [0.1, 0.15) is 0 Å². The Morgan fingerprint density at radius 2 is 1.50 bits per heavy atom. The Morgan fingerprint density at radius 3 is 1.81 bits per heavy atom. The first kappa shape index (κ1) is 19.5. The molecule has 0 aromatic rings. The van der Waals surface area contributed by atoms with Gasteiger partial charge in [0, 0.05) is 34.9 Å². The molecule has 2 nitrogen and oxygen atoms in total. The van der Waals surface area contributed by atoms with Crippen molar-refractivity contribution in [2.24, 2.45) is 0 Å². The molecule has 5 heteroatoms. The van der Waals surface area contributed by atoms with Gasteiger partial charge in [-0.25, -0.2) is 0 Å². The van der Waals surface area contributed by atoms with E-state index in [-0.39, 0.29) is 21.7 Å². The summed E-state index contributed by atoms with van der Waals surface area (Å²) in [4.78, 5) is 0. The van der Waals surface area contributed by atoms with Crippen molar-refractivity contribution in [1.29, 1.82) is 0 Å². The first-order chi connectivity index (χ1) is 7.24. The van der Waals surface area contributed by atoms with E-state index in [0.29, 0.717) is 0 Å². The van der Waals surface area contributed by atoms with Crippen LogP contribution in [0.3, 0.4) is 0 Å². The SMILES string of the molecule is CCCO[Si](CC)(CCCS)OCCC.[Ti]. The molecular weight excluding hydrogens is 272 g/mol. The monoisotopic (exact) mass is 298 g/mol. The van der Waals surface area contributed by atoms with Crippen LogP contribution in [0.25, 0.3) is 0 Å². The minimum atomic E-state index is -1.88. The van der Waals surface area contributed by atoms with Crippen molar-refractivity contribution in [1.82, 2.24) is 0 Å². The normalized spacial score (nSPS) is 11.2. The van der Waals surface area contributed by atoms with E-state index in [4.69, 9.17) is 8.85 Å². The van der Waals surface area contributed by atoms with Crippen molar-refractivity contribution < 1.29 is 30.6 Å². The largest absolute Gasteiger partial charge is 0.394 e. The Morgan fingerprint density at radius 1 is 1.00 bits per heavy atom. The molecular formula is C11H26O2SSiTi. The van der Waals surface area contributed by atoms with Crippen LogP contribution in [-0.4, -0.2) is 27.5 Å². The molecule has 0 atom stereocenters. The van der Waals surface area contributed by atoms with Gasteiger partial charge in [0.25, 0.3) is 0 Å². The Kier molecular flexibility index (Phi) is 15.5. The van der Waals surface area contributed by atoms with E-state index < -0.39 is 8.56 Å². The predicted octanol–water partition coefficient (Wildman–Crippen LogP) is 3.62. The fourth-order valence-corrected chi connectivity index (χ4v) is 4.95. The summed E-state index contributed by atoms with van der Waals surface area (Å²) in [5.74, 6) is 0.930. The number of hydrogen-bond acceptors (Lipinski definition) is 3. The molecule has 0 saturated carbocycles. The average Bonchev–Trinajstić information content (AvgIpc) is 2.29. The van der Waals surface area contributed by atoms with E-state index in [9.17, 15) is 0 Å². The van der Waals surface area contributed by atoms with Crippen LogP contribution in [0.2, 0.25) is 12.1 Å². The molecule has 0 heterocycles. The summed E-state index contributed by atoms with van der Waals surface area (Å²) in [6.07, 6.45) is 3.26. The van der Waals surface area contributed by atoms with Crippen LogP contribution in [0, 0.1) is 0 Å². The molecule has 16 heavy (non-hydrogen) atoms. The molecule has 96 valence electrons. The van der Waals surface area contributed by atoms with Gasteiger partial charge in [-0.15, -0.1) is 0 Å². The third kappa shape index (κ3) is 8.32. The second-order valence-corrected chi connectivity index (χ2v) is 7.84. The molecule has 0 bridgehead atoms. The summed E-state index contributed by atoms with van der Waals surface area (Å²) in [5.41, 5.74) is 0. The molecule has 0 amide bonds. The molecule has 0 aliphatic heterocycles. The summed E-state index contributed by atoms with van der Waals surface area (Å²) in [6.45, 7) is 8.17. The summed E-state index contributed by atoms with van der Waals surface area (Å²) in [5, 5.41) is 0. The summed E-state index contributed by atoms with van der Waals surface area (Å²) < 4.78 is 12.0. The Balaban J connectivity index is 0. The van der Waals surface area contributed by atoms with Crippen molar-refractivity contribution in [3.8, 4) is 0 Å². The van der Waals surface area contributed by atoms with Gasteiger partial charge >= 0.3 is 8.56 Å². The van der Waals surface area contributed by atoms with Crippen molar-refractivity contribution in [2.75, 3.05) is 19.0 Å². The number of thiol groups is 1. The number of hydrogen-bond donors (Lipinski definition) is 1. The fourth-order valence-electron chi connectivity index (χ4n) is 1.49. The molecule has 0 N–H and O–H groups in total. The molecule has 0 rings (SSSR count). The van der Waals surface area contributed by atoms with Crippen molar-refractivity contribution >= 4 is 21.2 Å². The average molecular weight is 298 g/mol. The van der Waals surface area contributed by atoms with E-state index >= 15 is 0 Å². The van der Waals surface area contributed by atoms with Gasteiger partial charge in [0.2, 0.25) is 0 Å². The van der Waals surface area contributed by atoms with E-state index in [1.54, 1.807) is 0 Å². The quantitative estimate of drug-likeness (QED) is 0.490. The van der Waals surface area contributed by atoms with E-state index in [0.717, 1.165) is 50.3 Å². The molecule has 0 radical (unpaired) electrons. The van der Waals surface area contributed by atoms with Gasteiger partial charge in [0.05, 0.1) is 0 Å². The maximum Gasteiger partial charge on any atom is 0.337 e. The Bertz CT molecular complexity index is 128. The van der Waals surface area contributed by atoms with Gasteiger partial charge in [-0.2, -0.15) is 12.6 Å². The topological polar surface area (TPSA) is 18.5 Å². The minimum Gasteiger partial charge on any atom is -0.394 e. The zero-order chi connectivity index (χ0) is 11.6. The first-order valence-corrected chi connectivity index (χ1v) is 8.99. The van der Waals surface area contributed by atoms with Crippen LogP contribution in [0.1, 0.15) is 40.0 Å². The predicted molar refractivity (Wildman–Crippen MR) is 72.0 cm³/mol. The van der Waals surface area contributed by atoms with Crippen LogP contribution in [0.5, 0.6) is 0 Å². The van der Waals surface area contributed by atoms with Gasteiger partial charge < -0.3 is 8.85 Å². The van der Waals surface area contributed by atoms with Crippen LogP contribution < -0.4 is 0 Å². The van der Waals surface area contributed by atoms with Crippen LogP contribution in [0.4, 0.5) is 0 Å². The zero-order valence-corrected chi connectivity index (χ0v) is 14.4. The first-order valence-electron chi connectivity index (χ1n) is 6.13. The second kappa shape index (κ2) is 12.7. The van der Waals surface area contributed by atoms with Gasteiger partial charge in [0.15, 0.2) is 0 Å². The molecule has 0 saturated heterocycles. The fraction of sp³-hybridized carbons (Fsp3) is 1.00. The maximum absolute atomic E-state index is 6.01. The van der Waals surface area contributed by atoms with Crippen molar-refractivity contribution in [2.45, 2.75) is 52.1 Å². The smallest absolute Gasteiger partial charge is 0.337 e. The van der Waals surface area contributed by atoms with E-state index in [2.05, 4.69) is 33.4 Å². The molecule has 0 unspecified atom stereocenters. The van der Waals surface area contributed by atoms with E-state index in [1.165, 1.54) is 0 Å². The Labute approximate surface area is 122 Å². The van der Waals surface area contributed by atoms with Crippen LogP contribution in [0.15, 0.2) is 0 Å². The molecule has 0 aromatic carbocycles. The van der Waals surface area contributed by atoms with Crippen molar-refractivity contribution in [3.63, 3.8) is 0 Å². The zero-order valence-electron chi connectivity index (χ0n) is 10.9. The number of rotatable bonds is 10. The molecule has 0 fully saturated rings. The third-order valence-corrected chi connectivity index (χ3v) is 6.36. The van der Waals surface area contributed by atoms with Gasteiger partial charge in [-0.3, -0.25) is 0 Å². The van der Waals surface area contributed by atoms with Gasteiger partial charge in [-0.05, 0) is 37.1 Å². The summed E-state index contributed by atoms with van der Waals surface area (Å²) in [6, 6.07) is 2.15. The standard InChI is InChI=1S/C11H26O2SSi.Ti/c1-4-8-12-15(6-3,11-7-10-14)13-9-5-2;/h14H,4-11H2,1-3H3;. The van der Waals surface area contributed by atoms with Gasteiger partial charge in [-0.1, -0.05) is 20.8 Å². The minimum absolute atomic E-state index is 0. The molecule has 0 aliphatic rings.